The maximum absolute atomic E-state index is 11.3. The summed E-state index contributed by atoms with van der Waals surface area (Å²) < 4.78 is 11.2. The van der Waals surface area contributed by atoms with Crippen molar-refractivity contribution in [2.75, 3.05) is 0 Å². The molecule has 3 aromatic heterocycles. The molecule has 0 aliphatic carbocycles. The van der Waals surface area contributed by atoms with Crippen LogP contribution in [0.5, 0.6) is 5.75 Å². The number of aliphatic carboxylic acids is 1. The van der Waals surface area contributed by atoms with Crippen LogP contribution in [0.25, 0.3) is 11.0 Å². The minimum absolute atomic E-state index is 0.0667. The normalized spacial score (nSPS) is 13.4. The highest BCUT2D eigenvalue weighted by atomic mass is 16.5. The molecule has 0 saturated carbocycles. The Hall–Kier alpha value is -3.61. The summed E-state index contributed by atoms with van der Waals surface area (Å²) >= 11 is 0. The number of fused-ring (bicyclic) bond motifs is 1. The number of hydrogen-bond donors (Lipinski definition) is 2. The standard InChI is InChI=1S/C24H25N3O4/c1-15(2)13-22(21-8-5-17-9-11-25-24(17)26-21)31-18-6-3-16(4-7-18)19(14-23(28)29)20-10-12-30-27-20/h3-12,15,19,22H,13-14H2,1-2H3,(H,25,26)(H,28,29). The van der Waals surface area contributed by atoms with Crippen LogP contribution in [0.3, 0.4) is 0 Å². The molecule has 0 radical (unpaired) electrons. The second kappa shape index (κ2) is 9.04. The van der Waals surface area contributed by atoms with E-state index in [4.69, 9.17) is 14.2 Å². The third-order valence-corrected chi connectivity index (χ3v) is 5.20. The molecule has 0 amide bonds. The van der Waals surface area contributed by atoms with Crippen LogP contribution >= 0.6 is 0 Å². The number of pyridine rings is 1. The molecule has 1 aromatic carbocycles. The number of H-pyrrole nitrogens is 1. The van der Waals surface area contributed by atoms with Gasteiger partial charge in [0.2, 0.25) is 0 Å². The first-order valence-corrected chi connectivity index (χ1v) is 10.3. The van der Waals surface area contributed by atoms with Crippen LogP contribution in [0, 0.1) is 5.92 Å². The fraction of sp³-hybridized carbons (Fsp3) is 0.292. The molecular formula is C24H25N3O4. The fourth-order valence-corrected chi connectivity index (χ4v) is 3.69. The maximum Gasteiger partial charge on any atom is 0.304 e. The van der Waals surface area contributed by atoms with Crippen molar-refractivity contribution < 1.29 is 19.2 Å². The van der Waals surface area contributed by atoms with Crippen molar-refractivity contribution >= 4 is 17.0 Å². The van der Waals surface area contributed by atoms with E-state index in [-0.39, 0.29) is 18.4 Å². The van der Waals surface area contributed by atoms with Gasteiger partial charge in [-0.25, -0.2) is 4.98 Å². The van der Waals surface area contributed by atoms with Gasteiger partial charge in [-0.05, 0) is 48.2 Å². The fourth-order valence-electron chi connectivity index (χ4n) is 3.69. The van der Waals surface area contributed by atoms with E-state index in [0.29, 0.717) is 17.4 Å². The third-order valence-electron chi connectivity index (χ3n) is 5.20. The van der Waals surface area contributed by atoms with Gasteiger partial charge in [0.15, 0.2) is 0 Å². The lowest BCUT2D eigenvalue weighted by Gasteiger charge is -2.21. The van der Waals surface area contributed by atoms with Gasteiger partial charge in [0.25, 0.3) is 0 Å². The zero-order valence-corrected chi connectivity index (χ0v) is 17.5. The Morgan fingerprint density at radius 3 is 2.58 bits per heavy atom. The number of rotatable bonds is 9. The van der Waals surface area contributed by atoms with Crippen molar-refractivity contribution in [2.24, 2.45) is 5.92 Å². The summed E-state index contributed by atoms with van der Waals surface area (Å²) in [5.74, 6) is -0.139. The van der Waals surface area contributed by atoms with Gasteiger partial charge in [-0.1, -0.05) is 31.1 Å². The van der Waals surface area contributed by atoms with E-state index in [1.807, 2.05) is 48.7 Å². The van der Waals surface area contributed by atoms with Gasteiger partial charge in [0, 0.05) is 23.6 Å². The summed E-state index contributed by atoms with van der Waals surface area (Å²) in [4.78, 5) is 19.2. The molecule has 7 heteroatoms. The van der Waals surface area contributed by atoms with Crippen molar-refractivity contribution in [3.8, 4) is 5.75 Å². The summed E-state index contributed by atoms with van der Waals surface area (Å²) in [5.41, 5.74) is 3.15. The van der Waals surface area contributed by atoms with E-state index < -0.39 is 5.97 Å². The Labute approximate surface area is 180 Å². The van der Waals surface area contributed by atoms with Gasteiger partial charge in [-0.2, -0.15) is 0 Å². The van der Waals surface area contributed by atoms with E-state index >= 15 is 0 Å². The maximum atomic E-state index is 11.3. The average Bonchev–Trinajstić information content (AvgIpc) is 3.43. The molecule has 2 N–H and O–H groups in total. The Bertz CT molecular complexity index is 1130. The number of hydrogen-bond acceptors (Lipinski definition) is 5. The second-order valence-corrected chi connectivity index (χ2v) is 8.03. The van der Waals surface area contributed by atoms with Crippen LogP contribution in [-0.2, 0) is 4.79 Å². The Morgan fingerprint density at radius 1 is 1.10 bits per heavy atom. The summed E-state index contributed by atoms with van der Waals surface area (Å²) in [5, 5.41) is 14.3. The van der Waals surface area contributed by atoms with E-state index in [2.05, 4.69) is 24.0 Å². The number of carboxylic acids is 1. The summed E-state index contributed by atoms with van der Waals surface area (Å²) in [6.45, 7) is 4.31. The molecule has 31 heavy (non-hydrogen) atoms. The molecule has 2 unspecified atom stereocenters. The topological polar surface area (TPSA) is 101 Å². The Morgan fingerprint density at radius 2 is 1.90 bits per heavy atom. The number of aromatic nitrogens is 3. The van der Waals surface area contributed by atoms with Crippen LogP contribution in [0.4, 0.5) is 0 Å². The van der Waals surface area contributed by atoms with E-state index in [9.17, 15) is 9.90 Å². The summed E-state index contributed by atoms with van der Waals surface area (Å²) in [6, 6.07) is 15.2. The van der Waals surface area contributed by atoms with E-state index in [1.54, 1.807) is 6.07 Å². The van der Waals surface area contributed by atoms with E-state index in [1.165, 1.54) is 6.26 Å². The highest BCUT2D eigenvalue weighted by Gasteiger charge is 2.22. The van der Waals surface area contributed by atoms with Gasteiger partial charge < -0.3 is 19.4 Å². The van der Waals surface area contributed by atoms with Crippen LogP contribution in [0.15, 0.2) is 65.5 Å². The smallest absolute Gasteiger partial charge is 0.304 e. The second-order valence-electron chi connectivity index (χ2n) is 8.03. The number of aromatic amines is 1. The van der Waals surface area contributed by atoms with Crippen molar-refractivity contribution in [3.63, 3.8) is 0 Å². The molecular weight excluding hydrogens is 394 g/mol. The molecule has 0 saturated heterocycles. The predicted molar refractivity (Wildman–Crippen MR) is 116 cm³/mol. The highest BCUT2D eigenvalue weighted by Crippen LogP contribution is 2.31. The van der Waals surface area contributed by atoms with Crippen LogP contribution in [0.2, 0.25) is 0 Å². The van der Waals surface area contributed by atoms with Gasteiger partial charge in [-0.3, -0.25) is 4.79 Å². The van der Waals surface area contributed by atoms with Crippen LogP contribution < -0.4 is 4.74 Å². The first-order chi connectivity index (χ1) is 15.0. The molecule has 4 aromatic rings. The average molecular weight is 419 g/mol. The molecule has 3 heterocycles. The molecule has 0 spiro atoms. The van der Waals surface area contributed by atoms with Crippen molar-refractivity contribution in [3.05, 3.63) is 77.9 Å². The van der Waals surface area contributed by atoms with Crippen molar-refractivity contribution in [1.29, 1.82) is 0 Å². The first kappa shape index (κ1) is 20.7. The largest absolute Gasteiger partial charge is 0.484 e. The minimum atomic E-state index is -0.892. The molecule has 2 atom stereocenters. The molecule has 0 aliphatic rings. The summed E-state index contributed by atoms with van der Waals surface area (Å²) in [6.07, 6.45) is 3.89. The zero-order chi connectivity index (χ0) is 21.8. The first-order valence-electron chi connectivity index (χ1n) is 10.3. The number of benzene rings is 1. The van der Waals surface area contributed by atoms with Gasteiger partial charge in [0.1, 0.15) is 23.8 Å². The lowest BCUT2D eigenvalue weighted by atomic mass is 9.92. The quantitative estimate of drug-likeness (QED) is 0.380. The molecule has 0 aliphatic heterocycles. The SMILES string of the molecule is CC(C)CC(Oc1ccc(C(CC(=O)O)c2ccon2)cc1)c1ccc2cc[nH]c2n1. The Kier molecular flexibility index (Phi) is 6.02. The number of carboxylic acid groups (broad SMARTS) is 1. The number of ether oxygens (including phenoxy) is 1. The lowest BCUT2D eigenvalue weighted by Crippen LogP contribution is -2.13. The minimum Gasteiger partial charge on any atom is -0.484 e. The summed E-state index contributed by atoms with van der Waals surface area (Å²) in [7, 11) is 0. The number of nitrogens with zero attached hydrogens (tertiary/aromatic N) is 2. The third kappa shape index (κ3) is 4.94. The van der Waals surface area contributed by atoms with Crippen LogP contribution in [-0.4, -0.2) is 26.2 Å². The molecule has 0 fully saturated rings. The van der Waals surface area contributed by atoms with Crippen molar-refractivity contribution in [1.82, 2.24) is 15.1 Å². The molecule has 4 rings (SSSR count). The van der Waals surface area contributed by atoms with Crippen LogP contribution in [0.1, 0.15) is 55.7 Å². The van der Waals surface area contributed by atoms with Gasteiger partial charge >= 0.3 is 5.97 Å². The lowest BCUT2D eigenvalue weighted by molar-refractivity contribution is -0.137. The molecule has 7 nitrogen and oxygen atoms in total. The molecule has 0 bridgehead atoms. The predicted octanol–water partition coefficient (Wildman–Crippen LogP) is 5.32. The monoisotopic (exact) mass is 419 g/mol. The van der Waals surface area contributed by atoms with Gasteiger partial charge in [0.05, 0.1) is 17.8 Å². The van der Waals surface area contributed by atoms with Crippen molar-refractivity contribution in [2.45, 2.75) is 38.7 Å². The van der Waals surface area contributed by atoms with E-state index in [0.717, 1.165) is 28.7 Å². The number of nitrogens with one attached hydrogen (secondary N) is 1. The highest BCUT2D eigenvalue weighted by molar-refractivity contribution is 5.75. The van der Waals surface area contributed by atoms with Gasteiger partial charge in [-0.15, -0.1) is 0 Å². The Balaban J connectivity index is 1.56. The molecule has 160 valence electrons. The zero-order valence-electron chi connectivity index (χ0n) is 17.5. The number of carbonyl (C=O) groups is 1.